The third kappa shape index (κ3) is 3.35. The van der Waals surface area contributed by atoms with Crippen LogP contribution < -0.4 is 0 Å². The van der Waals surface area contributed by atoms with E-state index in [0.717, 1.165) is 5.56 Å². The smallest absolute Gasteiger partial charge is 0.321 e. The highest BCUT2D eigenvalue weighted by Gasteiger charge is 2.20. The molecule has 1 aromatic carbocycles. The largest absolute Gasteiger partial charge is 0.480 e. The monoisotopic (exact) mass is 221 g/mol. The summed E-state index contributed by atoms with van der Waals surface area (Å²) < 4.78 is 0. The molecule has 0 spiro atoms. The first kappa shape index (κ1) is 12.7. The highest BCUT2D eigenvalue weighted by Crippen LogP contribution is 2.12. The molecule has 16 heavy (non-hydrogen) atoms. The van der Waals surface area contributed by atoms with Crippen LogP contribution in [-0.4, -0.2) is 36.1 Å². The van der Waals surface area contributed by atoms with Crippen LogP contribution in [0, 0.1) is 13.8 Å². The zero-order valence-electron chi connectivity index (χ0n) is 10.3. The maximum atomic E-state index is 11.1. The van der Waals surface area contributed by atoms with E-state index in [0.29, 0.717) is 6.42 Å². The van der Waals surface area contributed by atoms with Crippen molar-refractivity contribution in [1.82, 2.24) is 4.90 Å². The van der Waals surface area contributed by atoms with Crippen LogP contribution in [0.15, 0.2) is 18.2 Å². The molecule has 0 saturated heterocycles. The first-order valence-corrected chi connectivity index (χ1v) is 5.36. The number of hydrogen-bond donors (Lipinski definition) is 1. The van der Waals surface area contributed by atoms with Crippen LogP contribution in [0.25, 0.3) is 0 Å². The fourth-order valence-corrected chi connectivity index (χ4v) is 1.90. The molecular weight excluding hydrogens is 202 g/mol. The Kier molecular flexibility index (Phi) is 4.07. The minimum atomic E-state index is -0.774. The Balaban J connectivity index is 2.89. The summed E-state index contributed by atoms with van der Waals surface area (Å²) in [6.45, 7) is 4.06. The minimum absolute atomic E-state index is 0.457. The quantitative estimate of drug-likeness (QED) is 0.843. The molecule has 3 nitrogen and oxygen atoms in total. The number of hydrogen-bond acceptors (Lipinski definition) is 2. The van der Waals surface area contributed by atoms with Gasteiger partial charge in [0.25, 0.3) is 0 Å². The third-order valence-electron chi connectivity index (χ3n) is 2.62. The maximum absolute atomic E-state index is 11.1. The lowest BCUT2D eigenvalue weighted by molar-refractivity contribution is -0.142. The number of rotatable bonds is 4. The fourth-order valence-electron chi connectivity index (χ4n) is 1.90. The Morgan fingerprint density at radius 3 is 2.12 bits per heavy atom. The predicted molar refractivity (Wildman–Crippen MR) is 64.7 cm³/mol. The summed E-state index contributed by atoms with van der Waals surface area (Å²) in [7, 11) is 3.59. The van der Waals surface area contributed by atoms with Gasteiger partial charge in [-0.05, 0) is 39.9 Å². The van der Waals surface area contributed by atoms with Crippen LogP contribution in [0.4, 0.5) is 0 Å². The van der Waals surface area contributed by atoms with Crippen LogP contribution in [0.5, 0.6) is 0 Å². The Bertz CT molecular complexity index is 365. The molecule has 0 aliphatic carbocycles. The summed E-state index contributed by atoms with van der Waals surface area (Å²) in [5, 5.41) is 9.10. The van der Waals surface area contributed by atoms with E-state index in [1.165, 1.54) is 11.1 Å². The molecule has 0 bridgehead atoms. The number of carboxylic acids is 1. The zero-order valence-corrected chi connectivity index (χ0v) is 10.3. The van der Waals surface area contributed by atoms with Crippen LogP contribution in [0.1, 0.15) is 16.7 Å². The lowest BCUT2D eigenvalue weighted by atomic mass is 10.0. The van der Waals surface area contributed by atoms with Gasteiger partial charge in [-0.2, -0.15) is 0 Å². The second-order valence-electron chi connectivity index (χ2n) is 4.52. The number of nitrogens with zero attached hydrogens (tertiary/aromatic N) is 1. The summed E-state index contributed by atoms with van der Waals surface area (Å²) in [6.07, 6.45) is 0.546. The first-order chi connectivity index (χ1) is 7.40. The second kappa shape index (κ2) is 5.12. The van der Waals surface area contributed by atoms with E-state index >= 15 is 0 Å². The van der Waals surface area contributed by atoms with Crippen LogP contribution in [0.2, 0.25) is 0 Å². The average molecular weight is 221 g/mol. The van der Waals surface area contributed by atoms with Crippen molar-refractivity contribution in [2.45, 2.75) is 26.3 Å². The Morgan fingerprint density at radius 2 is 1.75 bits per heavy atom. The molecule has 88 valence electrons. The van der Waals surface area contributed by atoms with Crippen LogP contribution in [0.3, 0.4) is 0 Å². The molecule has 0 unspecified atom stereocenters. The van der Waals surface area contributed by atoms with Gasteiger partial charge in [0.2, 0.25) is 0 Å². The zero-order chi connectivity index (χ0) is 12.3. The van der Waals surface area contributed by atoms with E-state index in [1.807, 2.05) is 26.0 Å². The van der Waals surface area contributed by atoms with Crippen molar-refractivity contribution in [2.75, 3.05) is 14.1 Å². The van der Waals surface area contributed by atoms with Gasteiger partial charge in [0.05, 0.1) is 0 Å². The molecule has 3 heteroatoms. The minimum Gasteiger partial charge on any atom is -0.480 e. The van der Waals surface area contributed by atoms with Crippen LogP contribution >= 0.6 is 0 Å². The van der Waals surface area contributed by atoms with Gasteiger partial charge in [0.15, 0.2) is 0 Å². The van der Waals surface area contributed by atoms with Crippen molar-refractivity contribution in [2.24, 2.45) is 0 Å². The number of carboxylic acid groups (broad SMARTS) is 1. The molecule has 0 aromatic heterocycles. The predicted octanol–water partition coefficient (Wildman–Crippen LogP) is 1.86. The molecule has 0 fully saturated rings. The second-order valence-corrected chi connectivity index (χ2v) is 4.52. The number of aliphatic carboxylic acids is 1. The topological polar surface area (TPSA) is 40.5 Å². The average Bonchev–Trinajstić information content (AvgIpc) is 2.11. The van der Waals surface area contributed by atoms with E-state index in [9.17, 15) is 4.79 Å². The molecule has 0 amide bonds. The van der Waals surface area contributed by atoms with Gasteiger partial charge in [-0.15, -0.1) is 0 Å². The summed E-state index contributed by atoms with van der Waals surface area (Å²) >= 11 is 0. The van der Waals surface area contributed by atoms with Crippen LogP contribution in [-0.2, 0) is 11.2 Å². The molecular formula is C13H19NO2. The summed E-state index contributed by atoms with van der Waals surface area (Å²) in [5.41, 5.74) is 3.44. The van der Waals surface area contributed by atoms with Gasteiger partial charge in [-0.1, -0.05) is 29.3 Å². The van der Waals surface area contributed by atoms with Gasteiger partial charge in [0.1, 0.15) is 6.04 Å². The highest BCUT2D eigenvalue weighted by atomic mass is 16.4. The molecule has 1 N–H and O–H groups in total. The van der Waals surface area contributed by atoms with E-state index in [4.69, 9.17) is 5.11 Å². The maximum Gasteiger partial charge on any atom is 0.321 e. The lowest BCUT2D eigenvalue weighted by Crippen LogP contribution is -2.37. The summed E-state index contributed by atoms with van der Waals surface area (Å²) in [4.78, 5) is 12.8. The van der Waals surface area contributed by atoms with Crippen molar-refractivity contribution in [3.8, 4) is 0 Å². The lowest BCUT2D eigenvalue weighted by Gasteiger charge is -2.20. The summed E-state index contributed by atoms with van der Waals surface area (Å²) in [6, 6.07) is 5.73. The first-order valence-electron chi connectivity index (χ1n) is 5.36. The summed E-state index contributed by atoms with van der Waals surface area (Å²) in [5.74, 6) is -0.774. The standard InChI is InChI=1S/C13H19NO2/c1-9-5-10(2)7-11(6-9)8-12(13(15)16)14(3)4/h5-7,12H,8H2,1-4H3,(H,15,16)/t12-/m0/s1. The van der Waals surface area contributed by atoms with Crippen molar-refractivity contribution in [1.29, 1.82) is 0 Å². The molecule has 1 atom stereocenters. The normalized spacial score (nSPS) is 12.8. The van der Waals surface area contributed by atoms with Gasteiger partial charge in [-0.25, -0.2) is 0 Å². The Morgan fingerprint density at radius 1 is 1.25 bits per heavy atom. The van der Waals surface area contributed by atoms with E-state index in [-0.39, 0.29) is 0 Å². The molecule has 0 aliphatic rings. The van der Waals surface area contributed by atoms with Gasteiger partial charge in [-0.3, -0.25) is 9.69 Å². The van der Waals surface area contributed by atoms with Crippen molar-refractivity contribution in [3.05, 3.63) is 34.9 Å². The molecule has 0 radical (unpaired) electrons. The van der Waals surface area contributed by atoms with Gasteiger partial charge < -0.3 is 5.11 Å². The van der Waals surface area contributed by atoms with E-state index in [2.05, 4.69) is 6.07 Å². The fraction of sp³-hybridized carbons (Fsp3) is 0.462. The Labute approximate surface area is 96.7 Å². The number of benzene rings is 1. The SMILES string of the molecule is Cc1cc(C)cc(C[C@@H](C(=O)O)N(C)C)c1. The molecule has 1 rings (SSSR count). The van der Waals surface area contributed by atoms with Crippen molar-refractivity contribution in [3.63, 3.8) is 0 Å². The van der Waals surface area contributed by atoms with E-state index in [1.54, 1.807) is 19.0 Å². The molecule has 0 aliphatic heterocycles. The van der Waals surface area contributed by atoms with Gasteiger partial charge >= 0.3 is 5.97 Å². The van der Waals surface area contributed by atoms with Crippen molar-refractivity contribution >= 4 is 5.97 Å². The van der Waals surface area contributed by atoms with E-state index < -0.39 is 12.0 Å². The van der Waals surface area contributed by atoms with Crippen molar-refractivity contribution < 1.29 is 9.90 Å². The highest BCUT2D eigenvalue weighted by molar-refractivity contribution is 5.73. The number of aryl methyl sites for hydroxylation is 2. The number of likely N-dealkylation sites (N-methyl/N-ethyl adjacent to an activating group) is 1. The number of carbonyl (C=O) groups is 1. The molecule has 0 saturated carbocycles. The third-order valence-corrected chi connectivity index (χ3v) is 2.62. The molecule has 1 aromatic rings. The molecule has 0 heterocycles. The van der Waals surface area contributed by atoms with Gasteiger partial charge in [0, 0.05) is 0 Å². The Hall–Kier alpha value is -1.35.